The number of hydrogen-bond donors (Lipinski definition) is 1. The molecule has 0 amide bonds. The van der Waals surface area contributed by atoms with E-state index in [2.05, 4.69) is 59.7 Å². The average molecular weight is 322 g/mol. The van der Waals surface area contributed by atoms with E-state index in [1.807, 2.05) is 0 Å². The molecule has 3 heteroatoms. The lowest BCUT2D eigenvalue weighted by atomic mass is 9.88. The van der Waals surface area contributed by atoms with Gasteiger partial charge < -0.3 is 10.2 Å². The van der Waals surface area contributed by atoms with Crippen LogP contribution in [0, 0.1) is 0 Å². The van der Waals surface area contributed by atoms with Crippen LogP contribution in [0.5, 0.6) is 0 Å². The van der Waals surface area contributed by atoms with Crippen molar-refractivity contribution < 1.29 is 0 Å². The fraction of sp³-hybridized carbons (Fsp3) is 0.350. The van der Waals surface area contributed by atoms with Crippen molar-refractivity contribution in [2.24, 2.45) is 0 Å². The van der Waals surface area contributed by atoms with Crippen molar-refractivity contribution in [3.05, 3.63) is 59.2 Å². The van der Waals surface area contributed by atoms with Gasteiger partial charge in [-0.25, -0.2) is 0 Å². The van der Waals surface area contributed by atoms with Gasteiger partial charge in [0.25, 0.3) is 0 Å². The van der Waals surface area contributed by atoms with Gasteiger partial charge in [-0.3, -0.25) is 0 Å². The minimum atomic E-state index is 0.719. The summed E-state index contributed by atoms with van der Waals surface area (Å²) < 4.78 is 0. The molecule has 4 rings (SSSR count). The molecule has 2 aromatic rings. The molecular weight excluding hydrogens is 300 g/mol. The molecule has 0 unspecified atom stereocenters. The lowest BCUT2D eigenvalue weighted by molar-refractivity contribution is 0.255. The maximum Gasteiger partial charge on any atom is 0.107 e. The van der Waals surface area contributed by atoms with Gasteiger partial charge in [0.1, 0.15) is 4.99 Å². The Kier molecular flexibility index (Phi) is 3.92. The highest BCUT2D eigenvalue weighted by Gasteiger charge is 2.19. The molecule has 118 valence electrons. The van der Waals surface area contributed by atoms with E-state index in [0.29, 0.717) is 0 Å². The molecule has 0 bridgehead atoms. The number of rotatable bonds is 2. The van der Waals surface area contributed by atoms with E-state index in [9.17, 15) is 0 Å². The predicted molar refractivity (Wildman–Crippen MR) is 99.9 cm³/mol. The van der Waals surface area contributed by atoms with Crippen LogP contribution in [-0.4, -0.2) is 30.0 Å². The summed E-state index contributed by atoms with van der Waals surface area (Å²) in [7, 11) is 2.21. The van der Waals surface area contributed by atoms with E-state index in [4.69, 9.17) is 12.2 Å². The SMILES string of the molecule is CN1CCC(c2ccc(-c3ccc4c(c3)C(=S)NC4)cc2)CC1. The Balaban J connectivity index is 1.57. The number of hydrogen-bond acceptors (Lipinski definition) is 2. The Morgan fingerprint density at radius 3 is 2.43 bits per heavy atom. The van der Waals surface area contributed by atoms with Crippen molar-refractivity contribution in [1.82, 2.24) is 10.2 Å². The standard InChI is InChI=1S/C20H22N2S/c1-22-10-8-16(9-11-22)14-2-4-15(5-3-14)17-6-7-18-13-21-20(23)19(18)12-17/h2-7,12,16H,8-11,13H2,1H3,(H,21,23). The normalized spacial score (nSPS) is 18.7. The van der Waals surface area contributed by atoms with Crippen LogP contribution >= 0.6 is 12.2 Å². The Morgan fingerprint density at radius 2 is 1.70 bits per heavy atom. The van der Waals surface area contributed by atoms with Gasteiger partial charge in [-0.1, -0.05) is 48.6 Å². The summed E-state index contributed by atoms with van der Waals surface area (Å²) >= 11 is 5.38. The minimum absolute atomic E-state index is 0.719. The van der Waals surface area contributed by atoms with E-state index in [-0.39, 0.29) is 0 Å². The lowest BCUT2D eigenvalue weighted by Gasteiger charge is -2.29. The summed E-state index contributed by atoms with van der Waals surface area (Å²) in [5.74, 6) is 0.719. The van der Waals surface area contributed by atoms with Gasteiger partial charge in [-0.2, -0.15) is 0 Å². The van der Waals surface area contributed by atoms with Crippen LogP contribution in [0.3, 0.4) is 0 Å². The van der Waals surface area contributed by atoms with Gasteiger partial charge in [-0.15, -0.1) is 0 Å². The van der Waals surface area contributed by atoms with Crippen molar-refractivity contribution in [1.29, 1.82) is 0 Å². The quantitative estimate of drug-likeness (QED) is 0.843. The topological polar surface area (TPSA) is 15.3 Å². The summed E-state index contributed by atoms with van der Waals surface area (Å²) in [4.78, 5) is 3.30. The number of nitrogens with one attached hydrogen (secondary N) is 1. The number of nitrogens with zero attached hydrogens (tertiary/aromatic N) is 1. The van der Waals surface area contributed by atoms with Gasteiger partial charge in [0.15, 0.2) is 0 Å². The smallest absolute Gasteiger partial charge is 0.107 e. The number of piperidine rings is 1. The molecule has 23 heavy (non-hydrogen) atoms. The van der Waals surface area contributed by atoms with Crippen molar-refractivity contribution in [2.45, 2.75) is 25.3 Å². The Morgan fingerprint density at radius 1 is 1.00 bits per heavy atom. The average Bonchev–Trinajstić information content (AvgIpc) is 2.96. The first-order valence-electron chi connectivity index (χ1n) is 8.41. The molecule has 2 heterocycles. The Labute approximate surface area is 143 Å². The molecule has 0 atom stereocenters. The fourth-order valence-electron chi connectivity index (χ4n) is 3.68. The highest BCUT2D eigenvalue weighted by Crippen LogP contribution is 2.30. The van der Waals surface area contributed by atoms with Crippen molar-refractivity contribution in [3.8, 4) is 11.1 Å². The van der Waals surface area contributed by atoms with E-state index in [1.165, 1.54) is 53.7 Å². The van der Waals surface area contributed by atoms with Gasteiger partial charge in [0.05, 0.1) is 0 Å². The van der Waals surface area contributed by atoms with Crippen LogP contribution in [0.4, 0.5) is 0 Å². The fourth-order valence-corrected chi connectivity index (χ4v) is 3.94. The van der Waals surface area contributed by atoms with E-state index >= 15 is 0 Å². The molecule has 2 aliphatic heterocycles. The van der Waals surface area contributed by atoms with E-state index in [0.717, 1.165) is 17.5 Å². The molecule has 0 spiro atoms. The molecule has 0 aromatic heterocycles. The molecule has 2 nitrogen and oxygen atoms in total. The zero-order valence-corrected chi connectivity index (χ0v) is 14.3. The summed E-state index contributed by atoms with van der Waals surface area (Å²) in [5.41, 5.74) is 6.52. The highest BCUT2D eigenvalue weighted by molar-refractivity contribution is 7.80. The molecule has 0 aliphatic carbocycles. The van der Waals surface area contributed by atoms with E-state index in [1.54, 1.807) is 0 Å². The van der Waals surface area contributed by atoms with Crippen LogP contribution in [-0.2, 0) is 6.54 Å². The molecule has 1 N–H and O–H groups in total. The van der Waals surface area contributed by atoms with Crippen LogP contribution in [0.2, 0.25) is 0 Å². The zero-order chi connectivity index (χ0) is 15.8. The molecule has 2 aliphatic rings. The molecule has 1 fully saturated rings. The first kappa shape index (κ1) is 14.9. The largest absolute Gasteiger partial charge is 0.372 e. The second kappa shape index (κ2) is 6.06. The van der Waals surface area contributed by atoms with Crippen LogP contribution in [0.1, 0.15) is 35.4 Å². The van der Waals surface area contributed by atoms with Gasteiger partial charge >= 0.3 is 0 Å². The summed E-state index contributed by atoms with van der Waals surface area (Å²) in [6, 6.07) is 15.8. The van der Waals surface area contributed by atoms with Crippen molar-refractivity contribution in [3.63, 3.8) is 0 Å². The third-order valence-corrected chi connectivity index (χ3v) is 5.59. The van der Waals surface area contributed by atoms with Crippen molar-refractivity contribution >= 4 is 17.2 Å². The molecular formula is C20H22N2S. The first-order valence-corrected chi connectivity index (χ1v) is 8.81. The molecule has 2 aromatic carbocycles. The lowest BCUT2D eigenvalue weighted by Crippen LogP contribution is -2.29. The Bertz CT molecular complexity index is 728. The van der Waals surface area contributed by atoms with E-state index < -0.39 is 0 Å². The summed E-state index contributed by atoms with van der Waals surface area (Å²) in [6.07, 6.45) is 2.54. The third kappa shape index (κ3) is 2.91. The first-order chi connectivity index (χ1) is 11.2. The molecule has 1 saturated heterocycles. The Hall–Kier alpha value is -1.71. The van der Waals surface area contributed by atoms with Gasteiger partial charge in [0, 0.05) is 12.1 Å². The second-order valence-electron chi connectivity index (χ2n) is 6.75. The third-order valence-electron chi connectivity index (χ3n) is 5.23. The highest BCUT2D eigenvalue weighted by atomic mass is 32.1. The maximum atomic E-state index is 5.38. The number of thiocarbonyl (C=S) groups is 1. The van der Waals surface area contributed by atoms with Crippen molar-refractivity contribution in [2.75, 3.05) is 20.1 Å². The van der Waals surface area contributed by atoms with Gasteiger partial charge in [-0.05, 0) is 67.2 Å². The maximum absolute atomic E-state index is 5.38. The molecule has 0 radical (unpaired) electrons. The van der Waals surface area contributed by atoms with Crippen LogP contribution in [0.15, 0.2) is 42.5 Å². The van der Waals surface area contributed by atoms with Crippen LogP contribution < -0.4 is 5.32 Å². The minimum Gasteiger partial charge on any atom is -0.372 e. The zero-order valence-electron chi connectivity index (χ0n) is 13.5. The monoisotopic (exact) mass is 322 g/mol. The van der Waals surface area contributed by atoms with Gasteiger partial charge in [0.2, 0.25) is 0 Å². The number of fused-ring (bicyclic) bond motifs is 1. The summed E-state index contributed by atoms with van der Waals surface area (Å²) in [5, 5.41) is 3.25. The van der Waals surface area contributed by atoms with Crippen LogP contribution in [0.25, 0.3) is 11.1 Å². The predicted octanol–water partition coefficient (Wildman–Crippen LogP) is 3.94. The summed E-state index contributed by atoms with van der Waals surface area (Å²) in [6.45, 7) is 3.28. The number of benzene rings is 2. The second-order valence-corrected chi connectivity index (χ2v) is 7.16. The number of likely N-dealkylation sites (tertiary alicyclic amines) is 1. The molecule has 0 saturated carbocycles.